The zero-order valence-corrected chi connectivity index (χ0v) is 9.60. The van der Waals surface area contributed by atoms with E-state index in [0.717, 1.165) is 11.3 Å². The lowest BCUT2D eigenvalue weighted by molar-refractivity contribution is 0.101. The second kappa shape index (κ2) is 4.13. The van der Waals surface area contributed by atoms with Gasteiger partial charge in [-0.15, -0.1) is 11.3 Å². The number of Topliss-reactive ketones (excluding diaryl/α,β-unsaturated/α-hetero) is 1. The number of carbonyl (C=O) groups excluding carboxylic acids is 1. The quantitative estimate of drug-likeness (QED) is 0.746. The fourth-order valence-electron chi connectivity index (χ4n) is 1.23. The van der Waals surface area contributed by atoms with E-state index in [1.54, 1.807) is 0 Å². The molecule has 1 heterocycles. The molecule has 4 heteroatoms. The van der Waals surface area contributed by atoms with E-state index < -0.39 is 0 Å². The molecule has 0 saturated carbocycles. The Morgan fingerprint density at radius 1 is 1.40 bits per heavy atom. The van der Waals surface area contributed by atoms with Crippen LogP contribution in [-0.4, -0.2) is 10.8 Å². The van der Waals surface area contributed by atoms with E-state index >= 15 is 0 Å². The summed E-state index contributed by atoms with van der Waals surface area (Å²) in [5, 5.41) is 3.01. The first-order chi connectivity index (χ1) is 7.18. The minimum Gasteiger partial charge on any atom is -0.292 e. The lowest BCUT2D eigenvalue weighted by Crippen LogP contribution is -1.89. The van der Waals surface area contributed by atoms with Crippen molar-refractivity contribution in [3.63, 3.8) is 0 Å². The molecule has 0 aliphatic carbocycles. The van der Waals surface area contributed by atoms with Crippen LogP contribution in [0.4, 0.5) is 0 Å². The molecule has 76 valence electrons. The highest BCUT2D eigenvalue weighted by molar-refractivity contribution is 7.12. The molecule has 0 aliphatic rings. The number of rotatable bonds is 2. The number of benzene rings is 1. The smallest absolute Gasteiger partial charge is 0.188 e. The first-order valence-electron chi connectivity index (χ1n) is 4.40. The van der Waals surface area contributed by atoms with Crippen molar-refractivity contribution in [2.75, 3.05) is 0 Å². The number of ketones is 1. The molecule has 0 unspecified atom stereocenters. The molecule has 2 nitrogen and oxygen atoms in total. The van der Waals surface area contributed by atoms with E-state index in [1.165, 1.54) is 18.3 Å². The van der Waals surface area contributed by atoms with Crippen molar-refractivity contribution in [1.29, 1.82) is 0 Å². The van der Waals surface area contributed by atoms with E-state index in [2.05, 4.69) is 4.98 Å². The van der Waals surface area contributed by atoms with Crippen LogP contribution < -0.4 is 0 Å². The first kappa shape index (κ1) is 10.3. The van der Waals surface area contributed by atoms with Gasteiger partial charge >= 0.3 is 0 Å². The number of halogens is 1. The van der Waals surface area contributed by atoms with Gasteiger partial charge in [-0.1, -0.05) is 29.8 Å². The molecule has 0 fully saturated rings. The summed E-state index contributed by atoms with van der Waals surface area (Å²) in [7, 11) is 0. The van der Waals surface area contributed by atoms with Crippen molar-refractivity contribution < 1.29 is 4.79 Å². The predicted octanol–water partition coefficient (Wildman–Crippen LogP) is 3.67. The second-order valence-electron chi connectivity index (χ2n) is 3.07. The van der Waals surface area contributed by atoms with Gasteiger partial charge in [0.15, 0.2) is 10.8 Å². The summed E-state index contributed by atoms with van der Waals surface area (Å²) in [5.41, 5.74) is 1.62. The van der Waals surface area contributed by atoms with Crippen LogP contribution in [0.2, 0.25) is 5.02 Å². The highest BCUT2D eigenvalue weighted by Gasteiger charge is 2.09. The van der Waals surface area contributed by atoms with Crippen LogP contribution in [0, 0.1) is 0 Å². The largest absolute Gasteiger partial charge is 0.292 e. The normalized spacial score (nSPS) is 10.3. The van der Waals surface area contributed by atoms with E-state index in [-0.39, 0.29) is 5.78 Å². The fraction of sp³-hybridized carbons (Fsp3) is 0.0909. The SMILES string of the molecule is CC(=O)c1nc(-c2ccccc2Cl)cs1. The first-order valence-corrected chi connectivity index (χ1v) is 5.65. The van der Waals surface area contributed by atoms with Gasteiger partial charge in [-0.2, -0.15) is 0 Å². The maximum atomic E-state index is 11.1. The molecule has 0 spiro atoms. The van der Waals surface area contributed by atoms with E-state index in [0.29, 0.717) is 10.0 Å². The third kappa shape index (κ3) is 2.08. The molecular weight excluding hydrogens is 230 g/mol. The van der Waals surface area contributed by atoms with Gasteiger partial charge in [-0.3, -0.25) is 4.79 Å². The van der Waals surface area contributed by atoms with E-state index in [4.69, 9.17) is 11.6 Å². The van der Waals surface area contributed by atoms with Crippen LogP contribution in [0.1, 0.15) is 16.7 Å². The van der Waals surface area contributed by atoms with Crippen molar-refractivity contribution in [1.82, 2.24) is 4.98 Å². The average molecular weight is 238 g/mol. The number of aromatic nitrogens is 1. The van der Waals surface area contributed by atoms with Gasteiger partial charge < -0.3 is 0 Å². The maximum absolute atomic E-state index is 11.1. The molecule has 15 heavy (non-hydrogen) atoms. The Balaban J connectivity index is 2.46. The van der Waals surface area contributed by atoms with E-state index in [9.17, 15) is 4.79 Å². The summed E-state index contributed by atoms with van der Waals surface area (Å²) in [5.74, 6) is -0.0155. The third-order valence-corrected chi connectivity index (χ3v) is 3.23. The van der Waals surface area contributed by atoms with Gasteiger partial charge in [0.1, 0.15) is 0 Å². The number of hydrogen-bond acceptors (Lipinski definition) is 3. The maximum Gasteiger partial charge on any atom is 0.188 e. The van der Waals surface area contributed by atoms with Crippen LogP contribution in [-0.2, 0) is 0 Å². The van der Waals surface area contributed by atoms with Crippen LogP contribution in [0.5, 0.6) is 0 Å². The van der Waals surface area contributed by atoms with Gasteiger partial charge in [0.05, 0.1) is 5.69 Å². The summed E-state index contributed by atoms with van der Waals surface area (Å²) in [4.78, 5) is 15.3. The molecule has 0 N–H and O–H groups in total. The van der Waals surface area contributed by atoms with Gasteiger partial charge in [0.25, 0.3) is 0 Å². The lowest BCUT2D eigenvalue weighted by Gasteiger charge is -1.98. The molecule has 2 rings (SSSR count). The highest BCUT2D eigenvalue weighted by atomic mass is 35.5. The summed E-state index contributed by atoms with van der Waals surface area (Å²) >= 11 is 7.37. The monoisotopic (exact) mass is 237 g/mol. The lowest BCUT2D eigenvalue weighted by atomic mass is 10.2. The molecule has 0 amide bonds. The minimum absolute atomic E-state index is 0.0155. The Hall–Kier alpha value is -1.19. The Morgan fingerprint density at radius 2 is 2.13 bits per heavy atom. The average Bonchev–Trinajstić information content (AvgIpc) is 2.67. The highest BCUT2D eigenvalue weighted by Crippen LogP contribution is 2.28. The summed E-state index contributed by atoms with van der Waals surface area (Å²) in [6.07, 6.45) is 0. The molecule has 1 aromatic carbocycles. The molecule has 2 aromatic rings. The second-order valence-corrected chi connectivity index (χ2v) is 4.34. The minimum atomic E-state index is -0.0155. The Labute approximate surface area is 96.5 Å². The Kier molecular flexibility index (Phi) is 2.84. The van der Waals surface area contributed by atoms with Gasteiger partial charge in [-0.25, -0.2) is 4.98 Å². The Bertz CT molecular complexity index is 507. The molecule has 0 aliphatic heterocycles. The topological polar surface area (TPSA) is 30.0 Å². The van der Waals surface area contributed by atoms with Crippen LogP contribution >= 0.6 is 22.9 Å². The van der Waals surface area contributed by atoms with Gasteiger partial charge in [0.2, 0.25) is 0 Å². The molecule has 0 atom stereocenters. The zero-order chi connectivity index (χ0) is 10.8. The molecule has 0 radical (unpaired) electrons. The molecule has 0 bridgehead atoms. The number of thiazole rings is 1. The van der Waals surface area contributed by atoms with Crippen molar-refractivity contribution >= 4 is 28.7 Å². The number of carbonyl (C=O) groups is 1. The third-order valence-electron chi connectivity index (χ3n) is 1.96. The fourth-order valence-corrected chi connectivity index (χ4v) is 2.18. The van der Waals surface area contributed by atoms with Crippen LogP contribution in [0.25, 0.3) is 11.3 Å². The van der Waals surface area contributed by atoms with Gasteiger partial charge in [0, 0.05) is 22.9 Å². The Morgan fingerprint density at radius 3 is 2.73 bits per heavy atom. The molecular formula is C11H8ClNOS. The van der Waals surface area contributed by atoms with Crippen LogP contribution in [0.3, 0.4) is 0 Å². The standard InChI is InChI=1S/C11H8ClNOS/c1-7(14)11-13-10(6-15-11)8-4-2-3-5-9(8)12/h2-6H,1H3. The summed E-state index contributed by atoms with van der Waals surface area (Å²) < 4.78 is 0. The number of nitrogens with zero attached hydrogens (tertiary/aromatic N) is 1. The molecule has 1 aromatic heterocycles. The van der Waals surface area contributed by atoms with Crippen molar-refractivity contribution in [3.8, 4) is 11.3 Å². The van der Waals surface area contributed by atoms with Gasteiger partial charge in [-0.05, 0) is 6.07 Å². The van der Waals surface area contributed by atoms with E-state index in [1.807, 2.05) is 29.6 Å². The number of hydrogen-bond donors (Lipinski definition) is 0. The summed E-state index contributed by atoms with van der Waals surface area (Å²) in [6.45, 7) is 1.51. The summed E-state index contributed by atoms with van der Waals surface area (Å²) in [6, 6.07) is 7.46. The molecule has 0 saturated heterocycles. The van der Waals surface area contributed by atoms with Crippen molar-refractivity contribution in [2.24, 2.45) is 0 Å². The van der Waals surface area contributed by atoms with Crippen molar-refractivity contribution in [2.45, 2.75) is 6.92 Å². The van der Waals surface area contributed by atoms with Crippen LogP contribution in [0.15, 0.2) is 29.6 Å². The predicted molar refractivity (Wildman–Crippen MR) is 62.6 cm³/mol. The zero-order valence-electron chi connectivity index (χ0n) is 8.03. The van der Waals surface area contributed by atoms with Crippen molar-refractivity contribution in [3.05, 3.63) is 39.7 Å².